The van der Waals surface area contributed by atoms with Crippen LogP contribution in [-0.2, 0) is 7.05 Å². The molecule has 0 amide bonds. The van der Waals surface area contributed by atoms with Crippen molar-refractivity contribution >= 4 is 12.2 Å². The average molecular weight is 294 g/mol. The topological polar surface area (TPSA) is 52.7 Å². The van der Waals surface area contributed by atoms with Gasteiger partial charge in [-0.05, 0) is 30.2 Å². The van der Waals surface area contributed by atoms with Gasteiger partial charge in [0.25, 0.3) is 0 Å². The van der Waals surface area contributed by atoms with E-state index in [1.54, 1.807) is 6.21 Å². The average Bonchev–Trinajstić information content (AvgIpc) is 2.57. The monoisotopic (exact) mass is 294 g/mol. The molecule has 2 heterocycles. The highest BCUT2D eigenvalue weighted by molar-refractivity contribution is 5.84. The molecule has 5 heteroatoms. The molecular formula is C17H20N5+. The number of nitrogens with zero attached hydrogens (tertiary/aromatic N) is 3. The van der Waals surface area contributed by atoms with E-state index in [1.165, 1.54) is 11.3 Å². The number of benzene rings is 1. The van der Waals surface area contributed by atoms with Crippen molar-refractivity contribution in [1.82, 2.24) is 10.7 Å². The molecule has 5 nitrogen and oxygen atoms in total. The number of pyridine rings is 1. The molecule has 0 unspecified atom stereocenters. The van der Waals surface area contributed by atoms with Gasteiger partial charge in [0, 0.05) is 30.8 Å². The molecule has 0 fully saturated rings. The quantitative estimate of drug-likeness (QED) is 0.511. The van der Waals surface area contributed by atoms with Gasteiger partial charge in [-0.1, -0.05) is 12.1 Å². The number of rotatable bonds is 3. The fraction of sp³-hybridized carbons (Fsp3) is 0.235. The molecule has 112 valence electrons. The molecule has 1 aliphatic heterocycles. The minimum absolute atomic E-state index is 0.746. The highest BCUT2D eigenvalue weighted by atomic mass is 15.4. The predicted octanol–water partition coefficient (Wildman–Crippen LogP) is 1.45. The van der Waals surface area contributed by atoms with E-state index >= 15 is 0 Å². The van der Waals surface area contributed by atoms with Crippen LogP contribution in [-0.4, -0.2) is 25.3 Å². The summed E-state index contributed by atoms with van der Waals surface area (Å²) in [4.78, 5) is 4.30. The summed E-state index contributed by atoms with van der Waals surface area (Å²) in [6, 6.07) is 14.5. The predicted molar refractivity (Wildman–Crippen MR) is 88.7 cm³/mol. The highest BCUT2D eigenvalue weighted by Gasteiger charge is 2.07. The summed E-state index contributed by atoms with van der Waals surface area (Å²) in [5.74, 6) is 0.746. The van der Waals surface area contributed by atoms with Crippen LogP contribution in [0.2, 0.25) is 0 Å². The van der Waals surface area contributed by atoms with Crippen LogP contribution in [0.3, 0.4) is 0 Å². The minimum Gasteiger partial charge on any atom is -0.355 e. The second-order valence-corrected chi connectivity index (χ2v) is 5.20. The lowest BCUT2D eigenvalue weighted by Crippen LogP contribution is -2.38. The Hall–Kier alpha value is -2.69. The largest absolute Gasteiger partial charge is 0.355 e. The van der Waals surface area contributed by atoms with Gasteiger partial charge in [-0.25, -0.2) is 9.99 Å². The Morgan fingerprint density at radius 2 is 2.09 bits per heavy atom. The zero-order chi connectivity index (χ0) is 15.2. The maximum absolute atomic E-state index is 4.30. The number of hydrogen-bond donors (Lipinski definition) is 2. The molecule has 22 heavy (non-hydrogen) atoms. The number of aryl methyl sites for hydroxylation is 1. The molecule has 0 saturated heterocycles. The Morgan fingerprint density at radius 1 is 1.23 bits per heavy atom. The standard InChI is InChI=1S/C17H19N5/c1-22-12-3-2-5-16(22)15-8-6-14(7-9-15)13-20-21-17-18-10-4-11-19-17/h2-3,5-9,12-13H,4,10-11H2,1H3,(H,18,19)/p+1. The van der Waals surface area contributed by atoms with Gasteiger partial charge in [0.15, 0.2) is 6.20 Å². The first-order valence-electron chi connectivity index (χ1n) is 7.45. The molecule has 2 N–H and O–H groups in total. The normalized spacial score (nSPS) is 14.5. The lowest BCUT2D eigenvalue weighted by molar-refractivity contribution is -0.660. The molecule has 0 radical (unpaired) electrons. The van der Waals surface area contributed by atoms with Crippen molar-refractivity contribution in [2.45, 2.75) is 6.42 Å². The first-order valence-corrected chi connectivity index (χ1v) is 7.45. The second-order valence-electron chi connectivity index (χ2n) is 5.20. The molecule has 0 saturated carbocycles. The van der Waals surface area contributed by atoms with Crippen LogP contribution in [0.4, 0.5) is 0 Å². The Bertz CT molecular complexity index is 688. The van der Waals surface area contributed by atoms with Gasteiger partial charge < -0.3 is 5.32 Å². The van der Waals surface area contributed by atoms with E-state index < -0.39 is 0 Å². The van der Waals surface area contributed by atoms with E-state index in [4.69, 9.17) is 0 Å². The summed E-state index contributed by atoms with van der Waals surface area (Å²) in [5.41, 5.74) is 6.35. The molecule has 1 aliphatic rings. The third-order valence-corrected chi connectivity index (χ3v) is 3.54. The number of hydrazone groups is 1. The van der Waals surface area contributed by atoms with E-state index in [-0.39, 0.29) is 0 Å². The van der Waals surface area contributed by atoms with Crippen LogP contribution in [0.25, 0.3) is 11.3 Å². The Morgan fingerprint density at radius 3 is 2.82 bits per heavy atom. The van der Waals surface area contributed by atoms with Crippen LogP contribution < -0.4 is 15.3 Å². The van der Waals surface area contributed by atoms with Crippen molar-refractivity contribution in [3.63, 3.8) is 0 Å². The number of aliphatic imine (C=N–C) groups is 1. The zero-order valence-electron chi connectivity index (χ0n) is 12.7. The summed E-state index contributed by atoms with van der Waals surface area (Å²) in [6.07, 6.45) is 4.92. The molecule has 3 rings (SSSR count). The molecular weight excluding hydrogens is 274 g/mol. The Labute approximate surface area is 130 Å². The highest BCUT2D eigenvalue weighted by Crippen LogP contribution is 2.14. The van der Waals surface area contributed by atoms with Crippen molar-refractivity contribution in [2.24, 2.45) is 17.1 Å². The molecule has 0 aliphatic carbocycles. The SMILES string of the molecule is C[n+]1ccccc1-c1ccc(C=NNC2=NCCCN2)cc1. The van der Waals surface area contributed by atoms with Crippen LogP contribution in [0.5, 0.6) is 0 Å². The number of guanidine groups is 1. The molecule has 2 aromatic rings. The number of aromatic nitrogens is 1. The first-order chi connectivity index (χ1) is 10.8. The molecule has 0 bridgehead atoms. The Kier molecular flexibility index (Phi) is 4.44. The molecule has 0 atom stereocenters. The minimum atomic E-state index is 0.746. The number of hydrogen-bond acceptors (Lipinski definition) is 4. The van der Waals surface area contributed by atoms with Crippen LogP contribution in [0.15, 0.2) is 58.8 Å². The van der Waals surface area contributed by atoms with E-state index in [9.17, 15) is 0 Å². The van der Waals surface area contributed by atoms with Gasteiger partial charge in [0.2, 0.25) is 11.7 Å². The van der Waals surface area contributed by atoms with Gasteiger partial charge in [-0.3, -0.25) is 4.99 Å². The third-order valence-electron chi connectivity index (χ3n) is 3.54. The van der Waals surface area contributed by atoms with Gasteiger partial charge in [0.05, 0.1) is 6.21 Å². The number of nitrogens with one attached hydrogen (secondary N) is 2. The lowest BCUT2D eigenvalue weighted by Gasteiger charge is -2.12. The Balaban J connectivity index is 1.67. The van der Waals surface area contributed by atoms with E-state index in [1.807, 2.05) is 25.4 Å². The van der Waals surface area contributed by atoms with Crippen molar-refractivity contribution in [2.75, 3.05) is 13.1 Å². The summed E-state index contributed by atoms with van der Waals surface area (Å²) in [6.45, 7) is 1.80. The van der Waals surface area contributed by atoms with Crippen LogP contribution >= 0.6 is 0 Å². The molecule has 1 aromatic heterocycles. The van der Waals surface area contributed by atoms with Crippen molar-refractivity contribution < 1.29 is 4.57 Å². The maximum Gasteiger partial charge on any atom is 0.212 e. The zero-order valence-corrected chi connectivity index (χ0v) is 12.7. The van der Waals surface area contributed by atoms with Gasteiger partial charge in [-0.15, -0.1) is 0 Å². The maximum atomic E-state index is 4.30. The smallest absolute Gasteiger partial charge is 0.212 e. The fourth-order valence-electron chi connectivity index (χ4n) is 2.34. The van der Waals surface area contributed by atoms with Gasteiger partial charge >= 0.3 is 0 Å². The third kappa shape index (κ3) is 3.49. The van der Waals surface area contributed by atoms with Gasteiger partial charge in [0.1, 0.15) is 7.05 Å². The lowest BCUT2D eigenvalue weighted by atomic mass is 10.1. The van der Waals surface area contributed by atoms with E-state index in [0.717, 1.165) is 31.0 Å². The van der Waals surface area contributed by atoms with Crippen LogP contribution in [0, 0.1) is 0 Å². The van der Waals surface area contributed by atoms with E-state index in [2.05, 4.69) is 55.7 Å². The van der Waals surface area contributed by atoms with E-state index in [0.29, 0.717) is 0 Å². The second kappa shape index (κ2) is 6.85. The fourth-order valence-corrected chi connectivity index (χ4v) is 2.34. The van der Waals surface area contributed by atoms with Crippen molar-refractivity contribution in [3.8, 4) is 11.3 Å². The summed E-state index contributed by atoms with van der Waals surface area (Å²) < 4.78 is 2.11. The molecule has 1 aromatic carbocycles. The summed E-state index contributed by atoms with van der Waals surface area (Å²) >= 11 is 0. The van der Waals surface area contributed by atoms with Crippen molar-refractivity contribution in [3.05, 3.63) is 54.2 Å². The van der Waals surface area contributed by atoms with Gasteiger partial charge in [-0.2, -0.15) is 5.10 Å². The molecule has 0 spiro atoms. The first kappa shape index (κ1) is 14.3. The van der Waals surface area contributed by atoms with Crippen LogP contribution in [0.1, 0.15) is 12.0 Å². The summed E-state index contributed by atoms with van der Waals surface area (Å²) in [7, 11) is 2.05. The van der Waals surface area contributed by atoms with Crippen molar-refractivity contribution in [1.29, 1.82) is 0 Å². The summed E-state index contributed by atoms with van der Waals surface area (Å²) in [5, 5.41) is 7.38.